The summed E-state index contributed by atoms with van der Waals surface area (Å²) < 4.78 is 6.10. The first-order valence-electron chi connectivity index (χ1n) is 8.77. The zero-order chi connectivity index (χ0) is 19.5. The third-order valence-electron chi connectivity index (χ3n) is 4.47. The maximum Gasteiger partial charge on any atom is 0.238 e. The second-order valence-electron chi connectivity index (χ2n) is 6.36. The van der Waals surface area contributed by atoms with Crippen LogP contribution in [0, 0.1) is 0 Å². The minimum absolute atomic E-state index is 0.0739. The van der Waals surface area contributed by atoms with Crippen LogP contribution in [0.15, 0.2) is 72.8 Å². The first-order chi connectivity index (χ1) is 13.6. The van der Waals surface area contributed by atoms with E-state index in [9.17, 15) is 4.79 Å². The molecular formula is C22H17Cl2NO2S. The van der Waals surface area contributed by atoms with Gasteiger partial charge in [0.2, 0.25) is 5.91 Å². The molecule has 3 nitrogen and oxygen atoms in total. The van der Waals surface area contributed by atoms with E-state index in [1.807, 2.05) is 65.6 Å². The molecule has 3 aromatic carbocycles. The van der Waals surface area contributed by atoms with Crippen molar-refractivity contribution in [3.05, 3.63) is 94.0 Å². The minimum atomic E-state index is -0.143. The van der Waals surface area contributed by atoms with Gasteiger partial charge < -0.3 is 4.74 Å². The van der Waals surface area contributed by atoms with Gasteiger partial charge in [0.25, 0.3) is 0 Å². The van der Waals surface area contributed by atoms with E-state index >= 15 is 0 Å². The lowest BCUT2D eigenvalue weighted by molar-refractivity contribution is -0.115. The molecule has 1 aliphatic rings. The quantitative estimate of drug-likeness (QED) is 0.472. The number of rotatable bonds is 5. The van der Waals surface area contributed by atoms with Gasteiger partial charge in [0.05, 0.1) is 5.75 Å². The Morgan fingerprint density at radius 1 is 0.929 bits per heavy atom. The van der Waals surface area contributed by atoms with E-state index in [2.05, 4.69) is 0 Å². The lowest BCUT2D eigenvalue weighted by Gasteiger charge is -2.26. The molecule has 0 aliphatic carbocycles. The third-order valence-corrected chi connectivity index (χ3v) is 6.16. The summed E-state index contributed by atoms with van der Waals surface area (Å²) in [5.41, 5.74) is 2.84. The lowest BCUT2D eigenvalue weighted by atomic mass is 10.1. The number of amides is 1. The number of halogens is 2. The van der Waals surface area contributed by atoms with Crippen LogP contribution in [0.25, 0.3) is 0 Å². The Balaban J connectivity index is 1.60. The van der Waals surface area contributed by atoms with Crippen molar-refractivity contribution < 1.29 is 9.53 Å². The summed E-state index contributed by atoms with van der Waals surface area (Å²) in [6.07, 6.45) is 0. The summed E-state index contributed by atoms with van der Waals surface area (Å²) in [6.45, 7) is 0.431. The molecule has 3 aromatic rings. The number of ether oxygens (including phenoxy) is 1. The highest BCUT2D eigenvalue weighted by molar-refractivity contribution is 8.00. The van der Waals surface area contributed by atoms with Crippen molar-refractivity contribution in [3.8, 4) is 5.75 Å². The molecule has 0 N–H and O–H groups in total. The van der Waals surface area contributed by atoms with Crippen molar-refractivity contribution in [2.45, 2.75) is 12.0 Å². The van der Waals surface area contributed by atoms with Crippen LogP contribution in [-0.4, -0.2) is 11.7 Å². The molecule has 0 aromatic heterocycles. The van der Waals surface area contributed by atoms with E-state index in [0.29, 0.717) is 22.4 Å². The first-order valence-corrected chi connectivity index (χ1v) is 10.6. The average Bonchev–Trinajstić information content (AvgIpc) is 3.10. The van der Waals surface area contributed by atoms with Crippen LogP contribution in [0.3, 0.4) is 0 Å². The van der Waals surface area contributed by atoms with Crippen LogP contribution in [0.2, 0.25) is 10.0 Å². The fourth-order valence-corrected chi connectivity index (χ4v) is 4.55. The summed E-state index contributed by atoms with van der Waals surface area (Å²) in [4.78, 5) is 14.4. The zero-order valence-corrected chi connectivity index (χ0v) is 17.2. The number of benzene rings is 3. The molecule has 0 bridgehead atoms. The van der Waals surface area contributed by atoms with E-state index in [1.54, 1.807) is 23.9 Å². The van der Waals surface area contributed by atoms with Gasteiger partial charge in [0, 0.05) is 21.3 Å². The van der Waals surface area contributed by atoms with E-state index < -0.39 is 0 Å². The van der Waals surface area contributed by atoms with Gasteiger partial charge in [0.15, 0.2) is 0 Å². The Labute approximate surface area is 178 Å². The number of nitrogens with zero attached hydrogens (tertiary/aromatic N) is 1. The molecule has 1 amide bonds. The number of para-hydroxylation sites is 1. The lowest BCUT2D eigenvalue weighted by Crippen LogP contribution is -2.28. The summed E-state index contributed by atoms with van der Waals surface area (Å²) in [6, 6.07) is 22.8. The summed E-state index contributed by atoms with van der Waals surface area (Å²) >= 11 is 13.5. The second kappa shape index (κ2) is 8.48. The second-order valence-corrected chi connectivity index (χ2v) is 8.30. The van der Waals surface area contributed by atoms with Gasteiger partial charge in [-0.1, -0.05) is 53.5 Å². The third kappa shape index (κ3) is 4.14. The highest BCUT2D eigenvalue weighted by Gasteiger charge is 2.35. The van der Waals surface area contributed by atoms with Gasteiger partial charge in [-0.15, -0.1) is 11.8 Å². The van der Waals surface area contributed by atoms with Crippen molar-refractivity contribution in [2.75, 3.05) is 10.7 Å². The number of carbonyl (C=O) groups excluding carboxylic acids is 1. The highest BCUT2D eigenvalue weighted by atomic mass is 35.5. The molecule has 28 heavy (non-hydrogen) atoms. The van der Waals surface area contributed by atoms with E-state index in [0.717, 1.165) is 22.6 Å². The number of hydrogen-bond donors (Lipinski definition) is 0. The molecule has 1 saturated heterocycles. The largest absolute Gasteiger partial charge is 0.489 e. The van der Waals surface area contributed by atoms with Crippen molar-refractivity contribution in [1.82, 2.24) is 0 Å². The molecule has 0 saturated carbocycles. The molecule has 1 atom stereocenters. The van der Waals surface area contributed by atoms with Crippen LogP contribution in [-0.2, 0) is 11.4 Å². The molecule has 1 heterocycles. The van der Waals surface area contributed by atoms with Crippen LogP contribution in [0.4, 0.5) is 5.69 Å². The average molecular weight is 430 g/mol. The van der Waals surface area contributed by atoms with Crippen molar-refractivity contribution >= 4 is 46.6 Å². The minimum Gasteiger partial charge on any atom is -0.489 e. The molecule has 4 rings (SSSR count). The number of carbonyl (C=O) groups is 1. The fourth-order valence-electron chi connectivity index (χ4n) is 3.09. The van der Waals surface area contributed by atoms with Crippen LogP contribution < -0.4 is 9.64 Å². The summed E-state index contributed by atoms with van der Waals surface area (Å²) in [7, 11) is 0. The Morgan fingerprint density at radius 3 is 2.29 bits per heavy atom. The normalized spacial score (nSPS) is 16.4. The van der Waals surface area contributed by atoms with Crippen molar-refractivity contribution in [2.24, 2.45) is 0 Å². The van der Waals surface area contributed by atoms with E-state index in [-0.39, 0.29) is 11.3 Å². The SMILES string of the molecule is O=C1CS[C@H](c2ccccc2OCc2ccc(Cl)cc2)N1c1ccc(Cl)cc1. The van der Waals surface area contributed by atoms with Gasteiger partial charge in [-0.2, -0.15) is 0 Å². The van der Waals surface area contributed by atoms with Gasteiger partial charge >= 0.3 is 0 Å². The topological polar surface area (TPSA) is 29.5 Å². The van der Waals surface area contributed by atoms with Gasteiger partial charge in [0.1, 0.15) is 17.7 Å². The molecule has 6 heteroatoms. The summed E-state index contributed by atoms with van der Waals surface area (Å²) in [5.74, 6) is 1.27. The van der Waals surface area contributed by atoms with Crippen LogP contribution in [0.5, 0.6) is 5.75 Å². The molecule has 0 spiro atoms. The molecule has 0 radical (unpaired) electrons. The maximum absolute atomic E-state index is 12.6. The molecule has 142 valence electrons. The standard InChI is InChI=1S/C22H17Cl2NO2S/c23-16-7-5-15(6-8-16)13-27-20-4-2-1-3-19(20)22-25(21(26)14-28-22)18-11-9-17(24)10-12-18/h1-12,22H,13-14H2/t22-/m1/s1. The predicted molar refractivity (Wildman–Crippen MR) is 116 cm³/mol. The van der Waals surface area contributed by atoms with E-state index in [1.165, 1.54) is 0 Å². The van der Waals surface area contributed by atoms with Crippen LogP contribution >= 0.6 is 35.0 Å². The number of hydrogen-bond acceptors (Lipinski definition) is 3. The molecule has 0 unspecified atom stereocenters. The molecule has 1 fully saturated rings. The van der Waals surface area contributed by atoms with Crippen LogP contribution in [0.1, 0.15) is 16.5 Å². The fraction of sp³-hybridized carbons (Fsp3) is 0.136. The number of anilines is 1. The van der Waals surface area contributed by atoms with Gasteiger partial charge in [-0.05, 0) is 48.0 Å². The highest BCUT2D eigenvalue weighted by Crippen LogP contribution is 2.45. The Morgan fingerprint density at radius 2 is 1.57 bits per heavy atom. The Hall–Kier alpha value is -2.14. The van der Waals surface area contributed by atoms with Crippen molar-refractivity contribution in [1.29, 1.82) is 0 Å². The Kier molecular flexibility index (Phi) is 5.81. The predicted octanol–water partition coefficient (Wildman–Crippen LogP) is 6.35. The van der Waals surface area contributed by atoms with Gasteiger partial charge in [-0.25, -0.2) is 0 Å². The van der Waals surface area contributed by atoms with Gasteiger partial charge in [-0.3, -0.25) is 9.69 Å². The first kappa shape index (κ1) is 19.2. The monoisotopic (exact) mass is 429 g/mol. The number of thioether (sulfide) groups is 1. The molecule has 1 aliphatic heterocycles. The Bertz CT molecular complexity index is 977. The maximum atomic E-state index is 12.6. The zero-order valence-electron chi connectivity index (χ0n) is 14.8. The van der Waals surface area contributed by atoms with Crippen molar-refractivity contribution in [3.63, 3.8) is 0 Å². The molecular weight excluding hydrogens is 413 g/mol. The smallest absolute Gasteiger partial charge is 0.238 e. The van der Waals surface area contributed by atoms with E-state index in [4.69, 9.17) is 27.9 Å². The summed E-state index contributed by atoms with van der Waals surface area (Å²) in [5, 5.41) is 1.20.